The molecule has 0 bridgehead atoms. The number of nitrogens with zero attached hydrogens (tertiary/aromatic N) is 4. The molecule has 0 amide bonds. The molecule has 4 N–H and O–H groups in total. The number of ketones is 2. The highest BCUT2D eigenvalue weighted by Crippen LogP contribution is 2.16. The standard InChI is InChI=1S/C14H10N8O2S2/c23-5(7-9-11(17-3-15-9)21-13(25)19-7)1-2-6(24)8-10-12(18-4-16-10)22-14(26)20-8/h3-4H,1-2H2,(H2,15,17,19,21,25)(H2,16,18,20,22,26). The Labute approximate surface area is 154 Å². The molecule has 4 aromatic heterocycles. The molecule has 0 saturated carbocycles. The largest absolute Gasteiger partial charge is 0.341 e. The van der Waals surface area contributed by atoms with Gasteiger partial charge in [0.2, 0.25) is 0 Å². The van der Waals surface area contributed by atoms with Crippen LogP contribution in [0.5, 0.6) is 0 Å². The summed E-state index contributed by atoms with van der Waals surface area (Å²) in [6.45, 7) is 0. The number of rotatable bonds is 5. The Kier molecular flexibility index (Phi) is 3.97. The lowest BCUT2D eigenvalue weighted by molar-refractivity contribution is 0.0914. The van der Waals surface area contributed by atoms with E-state index in [0.717, 1.165) is 0 Å². The third kappa shape index (κ3) is 2.84. The first kappa shape index (κ1) is 16.4. The predicted molar refractivity (Wildman–Crippen MR) is 96.0 cm³/mol. The lowest BCUT2D eigenvalue weighted by Gasteiger charge is -2.04. The van der Waals surface area contributed by atoms with Crippen LogP contribution in [0.4, 0.5) is 0 Å². The fourth-order valence-electron chi connectivity index (χ4n) is 2.59. The van der Waals surface area contributed by atoms with Gasteiger partial charge in [-0.3, -0.25) is 9.59 Å². The van der Waals surface area contributed by atoms with Crippen molar-refractivity contribution in [2.24, 2.45) is 0 Å². The average Bonchev–Trinajstić information content (AvgIpc) is 3.26. The Morgan fingerprint density at radius 2 is 1.23 bits per heavy atom. The number of aromatic amines is 4. The average molecular weight is 386 g/mol. The zero-order chi connectivity index (χ0) is 18.3. The van der Waals surface area contributed by atoms with E-state index in [0.29, 0.717) is 22.3 Å². The van der Waals surface area contributed by atoms with E-state index < -0.39 is 0 Å². The third-order valence-corrected chi connectivity index (χ3v) is 4.14. The number of imidazole rings is 2. The van der Waals surface area contributed by atoms with Crippen LogP contribution in [0.25, 0.3) is 22.3 Å². The highest BCUT2D eigenvalue weighted by atomic mass is 32.1. The van der Waals surface area contributed by atoms with Gasteiger partial charge in [0.05, 0.1) is 12.7 Å². The van der Waals surface area contributed by atoms with Crippen molar-refractivity contribution in [1.82, 2.24) is 39.9 Å². The molecule has 0 unspecified atom stereocenters. The van der Waals surface area contributed by atoms with Crippen molar-refractivity contribution in [1.29, 1.82) is 0 Å². The number of H-pyrrole nitrogens is 4. The van der Waals surface area contributed by atoms with Crippen LogP contribution < -0.4 is 0 Å². The van der Waals surface area contributed by atoms with Crippen LogP contribution in [0.1, 0.15) is 33.8 Å². The van der Waals surface area contributed by atoms with E-state index in [9.17, 15) is 9.59 Å². The van der Waals surface area contributed by atoms with Gasteiger partial charge in [-0.05, 0) is 24.4 Å². The second-order valence-electron chi connectivity index (χ2n) is 5.38. The van der Waals surface area contributed by atoms with E-state index in [2.05, 4.69) is 39.9 Å². The van der Waals surface area contributed by atoms with Gasteiger partial charge in [-0.2, -0.15) is 9.97 Å². The quantitative estimate of drug-likeness (QED) is 0.301. The molecule has 26 heavy (non-hydrogen) atoms. The van der Waals surface area contributed by atoms with E-state index >= 15 is 0 Å². The molecule has 0 aliphatic carbocycles. The Bertz CT molecular complexity index is 1180. The van der Waals surface area contributed by atoms with Crippen molar-refractivity contribution in [3.8, 4) is 0 Å². The van der Waals surface area contributed by atoms with Gasteiger partial charge < -0.3 is 19.9 Å². The summed E-state index contributed by atoms with van der Waals surface area (Å²) < 4.78 is 0.299. The lowest BCUT2D eigenvalue weighted by Crippen LogP contribution is -2.10. The van der Waals surface area contributed by atoms with Crippen LogP contribution >= 0.6 is 24.4 Å². The van der Waals surface area contributed by atoms with Gasteiger partial charge in [0.25, 0.3) is 0 Å². The monoisotopic (exact) mass is 386 g/mol. The van der Waals surface area contributed by atoms with Gasteiger partial charge in [-0.25, -0.2) is 9.97 Å². The van der Waals surface area contributed by atoms with Crippen molar-refractivity contribution < 1.29 is 9.59 Å². The summed E-state index contributed by atoms with van der Waals surface area (Å²) >= 11 is 10.0. The van der Waals surface area contributed by atoms with Gasteiger partial charge in [-0.1, -0.05) is 0 Å². The molecule has 0 saturated heterocycles. The summed E-state index contributed by atoms with van der Waals surface area (Å²) in [6.07, 6.45) is 2.80. The number of carbonyl (C=O) groups excluding carboxylic acids is 2. The van der Waals surface area contributed by atoms with Crippen molar-refractivity contribution >= 4 is 58.3 Å². The second-order valence-corrected chi connectivity index (χ2v) is 6.16. The van der Waals surface area contributed by atoms with E-state index in [4.69, 9.17) is 24.4 Å². The molecule has 0 aromatic carbocycles. The lowest BCUT2D eigenvalue weighted by atomic mass is 10.1. The van der Waals surface area contributed by atoms with E-state index in [1.807, 2.05) is 0 Å². The molecule has 0 aliphatic rings. The van der Waals surface area contributed by atoms with Gasteiger partial charge >= 0.3 is 0 Å². The first-order valence-electron chi connectivity index (χ1n) is 7.46. The van der Waals surface area contributed by atoms with Crippen LogP contribution in [-0.4, -0.2) is 51.4 Å². The predicted octanol–water partition coefficient (Wildman–Crippen LogP) is 2.19. The zero-order valence-corrected chi connectivity index (χ0v) is 14.6. The minimum atomic E-state index is -0.283. The van der Waals surface area contributed by atoms with E-state index in [1.54, 1.807) is 0 Å². The first-order valence-corrected chi connectivity index (χ1v) is 8.28. The zero-order valence-electron chi connectivity index (χ0n) is 13.0. The normalized spacial score (nSPS) is 11.2. The highest BCUT2D eigenvalue weighted by Gasteiger charge is 2.18. The molecule has 0 atom stereocenters. The van der Waals surface area contributed by atoms with Crippen molar-refractivity contribution in [2.75, 3.05) is 0 Å². The van der Waals surface area contributed by atoms with Gasteiger partial charge in [0.1, 0.15) is 22.4 Å². The molecule has 10 nitrogen and oxygen atoms in total. The van der Waals surface area contributed by atoms with E-state index in [1.165, 1.54) is 12.7 Å². The Morgan fingerprint density at radius 1 is 0.808 bits per heavy atom. The maximum atomic E-state index is 12.6. The fourth-order valence-corrected chi connectivity index (χ4v) is 2.97. The van der Waals surface area contributed by atoms with Crippen LogP contribution in [0.2, 0.25) is 0 Å². The Balaban J connectivity index is 1.60. The summed E-state index contributed by atoms with van der Waals surface area (Å²) in [5.41, 5.74) is 2.10. The van der Waals surface area contributed by atoms with E-state index in [-0.39, 0.29) is 45.3 Å². The number of nitrogens with one attached hydrogen (secondary N) is 4. The molecule has 0 radical (unpaired) electrons. The van der Waals surface area contributed by atoms with Crippen LogP contribution in [0, 0.1) is 9.54 Å². The summed E-state index contributed by atoms with van der Waals surface area (Å²) in [4.78, 5) is 52.4. The number of hydrogen-bond acceptors (Lipinski definition) is 8. The highest BCUT2D eigenvalue weighted by molar-refractivity contribution is 7.71. The van der Waals surface area contributed by atoms with Crippen LogP contribution in [0.3, 0.4) is 0 Å². The minimum absolute atomic E-state index is 0.0270. The molecule has 4 aromatic rings. The molecule has 4 heterocycles. The van der Waals surface area contributed by atoms with Gasteiger partial charge in [-0.15, -0.1) is 0 Å². The third-order valence-electron chi connectivity index (χ3n) is 3.75. The Morgan fingerprint density at radius 3 is 1.65 bits per heavy atom. The molecule has 12 heteroatoms. The van der Waals surface area contributed by atoms with Crippen molar-refractivity contribution in [3.05, 3.63) is 33.6 Å². The summed E-state index contributed by atoms with van der Waals surface area (Å²) in [7, 11) is 0. The van der Waals surface area contributed by atoms with Crippen molar-refractivity contribution in [2.45, 2.75) is 12.8 Å². The number of Topliss-reactive ketones (excluding diaryl/α,β-unsaturated/α-hetero) is 2. The fraction of sp³-hybridized carbons (Fsp3) is 0.143. The molecule has 0 spiro atoms. The number of carbonyl (C=O) groups is 2. The number of hydrogen-bond donors (Lipinski definition) is 4. The summed E-state index contributed by atoms with van der Waals surface area (Å²) in [5, 5.41) is 0. The minimum Gasteiger partial charge on any atom is -0.341 e. The van der Waals surface area contributed by atoms with Crippen LogP contribution in [0.15, 0.2) is 12.7 Å². The topological polar surface area (TPSA) is 149 Å². The van der Waals surface area contributed by atoms with Gasteiger partial charge in [0.15, 0.2) is 32.4 Å². The number of fused-ring (bicyclic) bond motifs is 2. The summed E-state index contributed by atoms with van der Waals surface area (Å²) in [5.74, 6) is -0.566. The first-order chi connectivity index (χ1) is 12.5. The molecule has 0 fully saturated rings. The smallest absolute Gasteiger partial charge is 0.199 e. The number of aromatic nitrogens is 8. The maximum absolute atomic E-state index is 12.6. The molecular formula is C14H10N8O2S2. The molecule has 130 valence electrons. The molecule has 0 aliphatic heterocycles. The molecule has 4 rings (SSSR count). The molecular weight excluding hydrogens is 376 g/mol. The SMILES string of the molecule is O=C(CCC(=O)c1[nH]c(=S)nc2nc[nH]c12)c1[nH]c(=S)nc2nc[nH]c12. The summed E-state index contributed by atoms with van der Waals surface area (Å²) in [6, 6.07) is 0. The van der Waals surface area contributed by atoms with Gasteiger partial charge in [0, 0.05) is 12.8 Å². The van der Waals surface area contributed by atoms with Crippen molar-refractivity contribution in [3.63, 3.8) is 0 Å². The van der Waals surface area contributed by atoms with Crippen LogP contribution in [-0.2, 0) is 0 Å². The Hall–Kier alpha value is -3.12. The maximum Gasteiger partial charge on any atom is 0.199 e. The second kappa shape index (κ2) is 6.31.